The monoisotopic (exact) mass is 431 g/mol. The highest BCUT2D eigenvalue weighted by Gasteiger charge is 2.17. The van der Waals surface area contributed by atoms with Crippen molar-refractivity contribution in [2.75, 3.05) is 13.7 Å². The van der Waals surface area contributed by atoms with Crippen molar-refractivity contribution in [2.24, 2.45) is 0 Å². The number of nitrogens with one attached hydrogen (secondary N) is 1. The molecule has 2 unspecified atom stereocenters. The van der Waals surface area contributed by atoms with Gasteiger partial charge >= 0.3 is 5.97 Å². The molecule has 3 aromatic rings. The Bertz CT molecular complexity index is 920. The van der Waals surface area contributed by atoms with E-state index in [0.29, 0.717) is 17.9 Å². The van der Waals surface area contributed by atoms with E-state index < -0.39 is 6.10 Å². The molecule has 2 atom stereocenters. The van der Waals surface area contributed by atoms with E-state index in [1.165, 1.54) is 7.11 Å². The van der Waals surface area contributed by atoms with Crippen molar-refractivity contribution in [3.63, 3.8) is 0 Å². The van der Waals surface area contributed by atoms with Gasteiger partial charge in [0.15, 0.2) is 0 Å². The molecule has 1 heterocycles. The number of hydrogen-bond acceptors (Lipinski definition) is 5. The van der Waals surface area contributed by atoms with Crippen LogP contribution >= 0.6 is 15.9 Å². The zero-order valence-corrected chi connectivity index (χ0v) is 16.8. The van der Waals surface area contributed by atoms with E-state index >= 15 is 0 Å². The number of aliphatic hydroxyl groups excluding tert-OH is 1. The fraction of sp³-hybridized carbons (Fsp3) is 0.286. The zero-order chi connectivity index (χ0) is 19.4. The summed E-state index contributed by atoms with van der Waals surface area (Å²) in [7, 11) is 1.37. The third-order valence-electron chi connectivity index (χ3n) is 4.47. The van der Waals surface area contributed by atoms with Gasteiger partial charge in [0.1, 0.15) is 11.9 Å². The van der Waals surface area contributed by atoms with Gasteiger partial charge in [-0.3, -0.25) is 0 Å². The average molecular weight is 432 g/mol. The van der Waals surface area contributed by atoms with Gasteiger partial charge < -0.3 is 19.6 Å². The van der Waals surface area contributed by atoms with Gasteiger partial charge in [0.2, 0.25) is 0 Å². The Kier molecular flexibility index (Phi) is 6.31. The molecule has 0 radical (unpaired) electrons. The lowest BCUT2D eigenvalue weighted by atomic mass is 10.0. The summed E-state index contributed by atoms with van der Waals surface area (Å²) in [6, 6.07) is 13.3. The van der Waals surface area contributed by atoms with Crippen LogP contribution in [-0.4, -0.2) is 30.8 Å². The predicted molar refractivity (Wildman–Crippen MR) is 108 cm³/mol. The number of methoxy groups -OCH3 is 1. The highest BCUT2D eigenvalue weighted by Crippen LogP contribution is 2.28. The molecule has 0 amide bonds. The number of esters is 1. The summed E-state index contributed by atoms with van der Waals surface area (Å²) in [6.07, 6.45) is 1.71. The molecule has 3 rings (SSSR count). The van der Waals surface area contributed by atoms with E-state index in [1.54, 1.807) is 18.4 Å². The molecule has 0 saturated carbocycles. The van der Waals surface area contributed by atoms with Crippen LogP contribution in [0.25, 0.3) is 10.8 Å². The van der Waals surface area contributed by atoms with E-state index in [0.717, 1.165) is 27.2 Å². The minimum absolute atomic E-state index is 0.152. The number of hydrogen-bond donors (Lipinski definition) is 2. The number of rotatable bonds is 7. The Morgan fingerprint density at radius 1 is 1.26 bits per heavy atom. The van der Waals surface area contributed by atoms with Crippen molar-refractivity contribution in [1.82, 2.24) is 5.32 Å². The Balaban J connectivity index is 1.56. The molecule has 0 aliphatic heterocycles. The van der Waals surface area contributed by atoms with Gasteiger partial charge in [-0.2, -0.15) is 0 Å². The molecule has 27 heavy (non-hydrogen) atoms. The molecule has 0 saturated heterocycles. The molecule has 0 spiro atoms. The number of benzene rings is 2. The van der Waals surface area contributed by atoms with Gasteiger partial charge in [-0.1, -0.05) is 28.1 Å². The molecule has 0 bridgehead atoms. The maximum atomic E-state index is 11.5. The smallest absolute Gasteiger partial charge is 0.337 e. The van der Waals surface area contributed by atoms with Crippen LogP contribution in [0.3, 0.4) is 0 Å². The van der Waals surface area contributed by atoms with Crippen molar-refractivity contribution >= 4 is 32.7 Å². The van der Waals surface area contributed by atoms with Crippen LogP contribution in [0.1, 0.15) is 34.7 Å². The van der Waals surface area contributed by atoms with Crippen LogP contribution in [0.2, 0.25) is 0 Å². The molecule has 0 aliphatic rings. The first kappa shape index (κ1) is 19.6. The maximum absolute atomic E-state index is 11.5. The zero-order valence-electron chi connectivity index (χ0n) is 15.2. The quantitative estimate of drug-likeness (QED) is 0.547. The summed E-state index contributed by atoms with van der Waals surface area (Å²) in [5.74, 6) is 0.230. The van der Waals surface area contributed by atoms with Crippen molar-refractivity contribution in [3.05, 3.63) is 70.1 Å². The van der Waals surface area contributed by atoms with Gasteiger partial charge in [-0.15, -0.1) is 0 Å². The number of halogens is 1. The molecular weight excluding hydrogens is 410 g/mol. The number of aliphatic hydroxyl groups is 1. The minimum atomic E-state index is -0.729. The van der Waals surface area contributed by atoms with Gasteiger partial charge in [0, 0.05) is 27.8 Å². The topological polar surface area (TPSA) is 71.7 Å². The molecule has 2 aromatic carbocycles. The summed E-state index contributed by atoms with van der Waals surface area (Å²) in [5.41, 5.74) is 1.64. The second kappa shape index (κ2) is 8.69. The summed E-state index contributed by atoms with van der Waals surface area (Å²) in [4.78, 5) is 11.5. The van der Waals surface area contributed by atoms with Crippen LogP contribution < -0.4 is 5.32 Å². The molecule has 142 valence electrons. The molecular formula is C21H22BrNO4. The summed E-state index contributed by atoms with van der Waals surface area (Å²) >= 11 is 3.43. The fourth-order valence-corrected chi connectivity index (χ4v) is 3.41. The van der Waals surface area contributed by atoms with Crippen LogP contribution in [0, 0.1) is 0 Å². The summed E-state index contributed by atoms with van der Waals surface area (Å²) in [5, 5.41) is 15.7. The first-order valence-electron chi connectivity index (χ1n) is 8.73. The lowest BCUT2D eigenvalue weighted by molar-refractivity contribution is 0.0600. The molecule has 1 aromatic heterocycles. The molecule has 2 N–H and O–H groups in total. The van der Waals surface area contributed by atoms with Crippen LogP contribution in [0.15, 0.2) is 57.6 Å². The largest absolute Gasteiger partial charge is 0.465 e. The Hall–Kier alpha value is -2.15. The van der Waals surface area contributed by atoms with Crippen LogP contribution in [-0.2, 0) is 11.2 Å². The fourth-order valence-electron chi connectivity index (χ4n) is 3.03. The lowest BCUT2D eigenvalue weighted by Crippen LogP contribution is -2.32. The second-order valence-electron chi connectivity index (χ2n) is 6.55. The Labute approximate surface area is 166 Å². The van der Waals surface area contributed by atoms with E-state index in [2.05, 4.69) is 28.2 Å². The van der Waals surface area contributed by atoms with E-state index in [4.69, 9.17) is 9.15 Å². The maximum Gasteiger partial charge on any atom is 0.337 e. The number of carbonyl (C=O) groups excluding carboxylic acids is 1. The highest BCUT2D eigenvalue weighted by molar-refractivity contribution is 9.10. The summed E-state index contributed by atoms with van der Waals surface area (Å²) in [6.45, 7) is 2.44. The molecule has 0 fully saturated rings. The summed E-state index contributed by atoms with van der Waals surface area (Å²) < 4.78 is 11.3. The Morgan fingerprint density at radius 3 is 2.70 bits per heavy atom. The first-order chi connectivity index (χ1) is 13.0. The van der Waals surface area contributed by atoms with Gasteiger partial charge in [0.25, 0.3) is 0 Å². The SMILES string of the molecule is COC(=O)c1ccc(CC(C)NCC(O)c2occ3cc(Br)ccc23)cc1. The third-order valence-corrected chi connectivity index (χ3v) is 4.96. The highest BCUT2D eigenvalue weighted by atomic mass is 79.9. The van der Waals surface area contributed by atoms with Gasteiger partial charge in [0.05, 0.1) is 18.9 Å². The van der Waals surface area contributed by atoms with Crippen molar-refractivity contribution < 1.29 is 19.1 Å². The van der Waals surface area contributed by atoms with Gasteiger partial charge in [-0.05, 0) is 49.2 Å². The number of ether oxygens (including phenoxy) is 1. The standard InChI is InChI=1S/C21H22BrNO4/c1-13(9-14-3-5-15(6-4-14)21(25)26-2)23-11-19(24)20-18-8-7-17(22)10-16(18)12-27-20/h3-8,10,12-13,19,23-24H,9,11H2,1-2H3. The second-order valence-corrected chi connectivity index (χ2v) is 7.46. The van der Waals surface area contributed by atoms with Crippen LogP contribution in [0.4, 0.5) is 0 Å². The third kappa shape index (κ3) is 4.77. The van der Waals surface area contributed by atoms with E-state index in [-0.39, 0.29) is 12.0 Å². The van der Waals surface area contributed by atoms with Crippen molar-refractivity contribution in [3.8, 4) is 0 Å². The van der Waals surface area contributed by atoms with Crippen molar-refractivity contribution in [2.45, 2.75) is 25.5 Å². The van der Waals surface area contributed by atoms with E-state index in [1.807, 2.05) is 30.3 Å². The number of fused-ring (bicyclic) bond motifs is 1. The molecule has 0 aliphatic carbocycles. The van der Waals surface area contributed by atoms with Gasteiger partial charge in [-0.25, -0.2) is 4.79 Å². The van der Waals surface area contributed by atoms with Crippen LogP contribution in [0.5, 0.6) is 0 Å². The van der Waals surface area contributed by atoms with Crippen molar-refractivity contribution in [1.29, 1.82) is 0 Å². The Morgan fingerprint density at radius 2 is 2.00 bits per heavy atom. The first-order valence-corrected chi connectivity index (χ1v) is 9.52. The molecule has 5 nitrogen and oxygen atoms in total. The number of furan rings is 1. The average Bonchev–Trinajstić information content (AvgIpc) is 3.09. The lowest BCUT2D eigenvalue weighted by Gasteiger charge is -2.16. The number of carbonyl (C=O) groups is 1. The predicted octanol–water partition coefficient (Wildman–Crippen LogP) is 4.24. The van der Waals surface area contributed by atoms with E-state index in [9.17, 15) is 9.90 Å². The minimum Gasteiger partial charge on any atom is -0.465 e. The molecule has 6 heteroatoms. The normalized spacial score (nSPS) is 13.5.